The Morgan fingerprint density at radius 1 is 1.47 bits per heavy atom. The average molecular weight is 214 g/mol. The first kappa shape index (κ1) is 11.6. The van der Waals surface area contributed by atoms with Crippen molar-refractivity contribution in [1.29, 1.82) is 0 Å². The van der Waals surface area contributed by atoms with Gasteiger partial charge in [-0.2, -0.15) is 0 Å². The fourth-order valence-electron chi connectivity index (χ4n) is 0.990. The molecule has 1 heterocycles. The van der Waals surface area contributed by atoms with Gasteiger partial charge in [0.15, 0.2) is 0 Å². The Morgan fingerprint density at radius 2 is 2.13 bits per heavy atom. The maximum atomic E-state index is 11.1. The van der Waals surface area contributed by atoms with Crippen LogP contribution in [-0.4, -0.2) is 30.4 Å². The molecule has 0 amide bonds. The van der Waals surface area contributed by atoms with Gasteiger partial charge in [0, 0.05) is 7.11 Å². The number of rotatable bonds is 4. The van der Waals surface area contributed by atoms with Crippen molar-refractivity contribution in [3.63, 3.8) is 0 Å². The molecule has 1 unspecified atom stereocenters. The van der Waals surface area contributed by atoms with E-state index in [0.29, 0.717) is 6.42 Å². The summed E-state index contributed by atoms with van der Waals surface area (Å²) in [5.74, 6) is -0.541. The SMILES string of the molecule is CCC(C)(OC)c1nnc(C(=O)OC)o1. The van der Waals surface area contributed by atoms with Gasteiger partial charge in [-0.1, -0.05) is 6.92 Å². The van der Waals surface area contributed by atoms with Crippen LogP contribution in [0.15, 0.2) is 4.42 Å². The van der Waals surface area contributed by atoms with E-state index in [1.807, 2.05) is 13.8 Å². The molecule has 1 aromatic heterocycles. The van der Waals surface area contributed by atoms with Crippen LogP contribution in [-0.2, 0) is 15.1 Å². The third-order valence-electron chi connectivity index (χ3n) is 2.36. The van der Waals surface area contributed by atoms with Crippen LogP contribution in [0, 0.1) is 0 Å². The molecule has 0 N–H and O–H groups in total. The lowest BCUT2D eigenvalue weighted by Crippen LogP contribution is -2.23. The third kappa shape index (κ3) is 2.15. The molecule has 1 aromatic rings. The predicted molar refractivity (Wildman–Crippen MR) is 50.3 cm³/mol. The molecule has 0 saturated carbocycles. The quantitative estimate of drug-likeness (QED) is 0.699. The third-order valence-corrected chi connectivity index (χ3v) is 2.36. The number of esters is 1. The van der Waals surface area contributed by atoms with Crippen LogP contribution < -0.4 is 0 Å². The first-order valence-electron chi connectivity index (χ1n) is 4.54. The van der Waals surface area contributed by atoms with Crippen LogP contribution in [0.3, 0.4) is 0 Å². The number of carbonyl (C=O) groups is 1. The second-order valence-corrected chi connectivity index (χ2v) is 3.19. The lowest BCUT2D eigenvalue weighted by atomic mass is 10.0. The van der Waals surface area contributed by atoms with Crippen molar-refractivity contribution < 1.29 is 18.7 Å². The largest absolute Gasteiger partial charge is 0.462 e. The van der Waals surface area contributed by atoms with E-state index in [-0.39, 0.29) is 11.8 Å². The number of methoxy groups -OCH3 is 2. The number of ether oxygens (including phenoxy) is 2. The summed E-state index contributed by atoms with van der Waals surface area (Å²) in [6.45, 7) is 3.73. The number of hydrogen-bond acceptors (Lipinski definition) is 6. The zero-order valence-electron chi connectivity index (χ0n) is 9.23. The zero-order chi connectivity index (χ0) is 11.5. The van der Waals surface area contributed by atoms with Crippen LogP contribution in [0.5, 0.6) is 0 Å². The Hall–Kier alpha value is -1.43. The smallest absolute Gasteiger partial charge is 0.396 e. The lowest BCUT2D eigenvalue weighted by molar-refractivity contribution is -0.0244. The minimum absolute atomic E-state index is 0.163. The standard InChI is InChI=1S/C9H14N2O4/c1-5-9(2,14-4)8-11-10-6(15-8)7(12)13-3/h5H2,1-4H3. The molecule has 84 valence electrons. The Bertz CT molecular complexity index is 344. The van der Waals surface area contributed by atoms with Crippen molar-refractivity contribution in [2.24, 2.45) is 0 Å². The molecule has 6 heteroatoms. The molecule has 1 atom stereocenters. The maximum absolute atomic E-state index is 11.1. The van der Waals surface area contributed by atoms with E-state index in [1.54, 1.807) is 7.11 Å². The molecular weight excluding hydrogens is 200 g/mol. The number of aromatic nitrogens is 2. The summed E-state index contributed by atoms with van der Waals surface area (Å²) in [5.41, 5.74) is -0.667. The normalized spacial score (nSPS) is 14.7. The van der Waals surface area contributed by atoms with Crippen LogP contribution in [0.2, 0.25) is 0 Å². The highest BCUT2D eigenvalue weighted by Gasteiger charge is 2.31. The highest BCUT2D eigenvalue weighted by molar-refractivity contribution is 5.83. The van der Waals surface area contributed by atoms with Gasteiger partial charge >= 0.3 is 11.9 Å². The number of nitrogens with zero attached hydrogens (tertiary/aromatic N) is 2. The summed E-state index contributed by atoms with van der Waals surface area (Å²) < 4.78 is 14.9. The second-order valence-electron chi connectivity index (χ2n) is 3.19. The van der Waals surface area contributed by atoms with E-state index in [1.165, 1.54) is 7.11 Å². The van der Waals surface area contributed by atoms with Gasteiger partial charge in [0.05, 0.1) is 7.11 Å². The van der Waals surface area contributed by atoms with Gasteiger partial charge in [0.25, 0.3) is 0 Å². The van der Waals surface area contributed by atoms with E-state index >= 15 is 0 Å². The topological polar surface area (TPSA) is 74.5 Å². The van der Waals surface area contributed by atoms with Gasteiger partial charge in [0.1, 0.15) is 5.60 Å². The van der Waals surface area contributed by atoms with Crippen molar-refractivity contribution in [2.45, 2.75) is 25.9 Å². The van der Waals surface area contributed by atoms with Gasteiger partial charge < -0.3 is 13.9 Å². The van der Waals surface area contributed by atoms with Crippen LogP contribution in [0.4, 0.5) is 0 Å². The summed E-state index contributed by atoms with van der Waals surface area (Å²) >= 11 is 0. The van der Waals surface area contributed by atoms with Crippen molar-refractivity contribution in [2.75, 3.05) is 14.2 Å². The van der Waals surface area contributed by atoms with Crippen molar-refractivity contribution >= 4 is 5.97 Å². The van der Waals surface area contributed by atoms with Crippen molar-refractivity contribution in [3.8, 4) is 0 Å². The highest BCUT2D eigenvalue weighted by Crippen LogP contribution is 2.26. The zero-order valence-corrected chi connectivity index (χ0v) is 9.23. The van der Waals surface area contributed by atoms with E-state index in [9.17, 15) is 4.79 Å². The minimum Gasteiger partial charge on any atom is -0.462 e. The molecule has 6 nitrogen and oxygen atoms in total. The molecule has 0 aliphatic rings. The number of hydrogen-bond donors (Lipinski definition) is 0. The fraction of sp³-hybridized carbons (Fsp3) is 0.667. The molecule has 0 aliphatic heterocycles. The van der Waals surface area contributed by atoms with Crippen LogP contribution >= 0.6 is 0 Å². The van der Waals surface area contributed by atoms with E-state index in [0.717, 1.165) is 0 Å². The van der Waals surface area contributed by atoms with Gasteiger partial charge in [0.2, 0.25) is 5.89 Å². The van der Waals surface area contributed by atoms with Crippen molar-refractivity contribution in [1.82, 2.24) is 10.2 Å². The summed E-state index contributed by atoms with van der Waals surface area (Å²) in [6.07, 6.45) is 0.659. The summed E-state index contributed by atoms with van der Waals surface area (Å²) in [4.78, 5) is 11.1. The average Bonchev–Trinajstić information content (AvgIpc) is 2.76. The van der Waals surface area contributed by atoms with E-state index in [2.05, 4.69) is 14.9 Å². The van der Waals surface area contributed by atoms with Crippen LogP contribution in [0.25, 0.3) is 0 Å². The molecule has 1 rings (SSSR count). The Kier molecular flexibility index (Phi) is 3.41. The molecule has 0 fully saturated rings. The summed E-state index contributed by atoms with van der Waals surface area (Å²) in [6, 6.07) is 0. The summed E-state index contributed by atoms with van der Waals surface area (Å²) in [7, 11) is 2.80. The highest BCUT2D eigenvalue weighted by atomic mass is 16.5. The van der Waals surface area contributed by atoms with Gasteiger partial charge in [-0.25, -0.2) is 4.79 Å². The minimum atomic E-state index is -0.667. The van der Waals surface area contributed by atoms with Crippen LogP contribution in [0.1, 0.15) is 36.8 Å². The Morgan fingerprint density at radius 3 is 2.60 bits per heavy atom. The lowest BCUT2D eigenvalue weighted by Gasteiger charge is -2.21. The van der Waals surface area contributed by atoms with E-state index in [4.69, 9.17) is 9.15 Å². The van der Waals surface area contributed by atoms with E-state index < -0.39 is 11.6 Å². The molecule has 15 heavy (non-hydrogen) atoms. The molecule has 0 aromatic carbocycles. The Labute approximate surface area is 87.6 Å². The van der Waals surface area contributed by atoms with Gasteiger partial charge in [-0.05, 0) is 13.3 Å². The summed E-state index contributed by atoms with van der Waals surface area (Å²) in [5, 5.41) is 7.33. The molecule has 0 bridgehead atoms. The fourth-order valence-corrected chi connectivity index (χ4v) is 0.990. The second kappa shape index (κ2) is 4.39. The molecule has 0 aliphatic carbocycles. The monoisotopic (exact) mass is 214 g/mol. The number of carbonyl (C=O) groups excluding carboxylic acids is 1. The predicted octanol–water partition coefficient (Wildman–Crippen LogP) is 1.13. The van der Waals surface area contributed by atoms with Gasteiger partial charge in [-0.3, -0.25) is 0 Å². The molecule has 0 saturated heterocycles. The van der Waals surface area contributed by atoms with Crippen molar-refractivity contribution in [3.05, 3.63) is 11.8 Å². The first-order valence-corrected chi connectivity index (χ1v) is 4.54. The molecular formula is C9H14N2O4. The maximum Gasteiger partial charge on any atom is 0.396 e. The first-order chi connectivity index (χ1) is 7.07. The molecule has 0 radical (unpaired) electrons. The van der Waals surface area contributed by atoms with Gasteiger partial charge in [-0.15, -0.1) is 10.2 Å². The molecule has 0 spiro atoms. The Balaban J connectivity index is 2.97.